The van der Waals surface area contributed by atoms with Gasteiger partial charge in [-0.15, -0.1) is 0 Å². The van der Waals surface area contributed by atoms with Gasteiger partial charge in [0.15, 0.2) is 0 Å². The Morgan fingerprint density at radius 1 is 0.929 bits per heavy atom. The van der Waals surface area contributed by atoms with Crippen LogP contribution in [0.4, 0.5) is 24.5 Å². The molecule has 1 aliphatic heterocycles. The molecule has 218 valence electrons. The molecule has 3 aromatic carbocycles. The number of rotatable bonds is 7. The van der Waals surface area contributed by atoms with Crippen LogP contribution in [0.5, 0.6) is 0 Å². The van der Waals surface area contributed by atoms with Crippen molar-refractivity contribution in [3.05, 3.63) is 101 Å². The highest BCUT2D eigenvalue weighted by Crippen LogP contribution is 2.34. The van der Waals surface area contributed by atoms with Crippen LogP contribution in [0.1, 0.15) is 37.4 Å². The van der Waals surface area contributed by atoms with Gasteiger partial charge in [-0.2, -0.15) is 18.3 Å². The maximum Gasteiger partial charge on any atom is 0.416 e. The number of hydrogen-bond acceptors (Lipinski definition) is 5. The highest BCUT2D eigenvalue weighted by atomic mass is 19.4. The molecule has 0 saturated carbocycles. The molecule has 2 amide bonds. The van der Waals surface area contributed by atoms with E-state index in [-0.39, 0.29) is 23.6 Å². The highest BCUT2D eigenvalue weighted by molar-refractivity contribution is 6.07. The third-order valence-electron chi connectivity index (χ3n) is 7.19. The van der Waals surface area contributed by atoms with Crippen molar-refractivity contribution in [2.75, 3.05) is 36.8 Å². The molecule has 4 aromatic rings. The lowest BCUT2D eigenvalue weighted by Crippen LogP contribution is -2.43. The fourth-order valence-electron chi connectivity index (χ4n) is 4.87. The van der Waals surface area contributed by atoms with Crippen LogP contribution in [-0.2, 0) is 19.8 Å². The molecule has 0 radical (unpaired) electrons. The van der Waals surface area contributed by atoms with Crippen LogP contribution in [0, 0.1) is 6.92 Å². The summed E-state index contributed by atoms with van der Waals surface area (Å²) in [6.07, 6.45) is -1.04. The number of alkyl halides is 3. The van der Waals surface area contributed by atoms with E-state index in [4.69, 9.17) is 0 Å². The van der Waals surface area contributed by atoms with Gasteiger partial charge in [0, 0.05) is 74.0 Å². The number of aromatic nitrogens is 2. The summed E-state index contributed by atoms with van der Waals surface area (Å²) >= 11 is 0. The number of nitrogens with zero attached hydrogens (tertiary/aromatic N) is 3. The van der Waals surface area contributed by atoms with Crippen molar-refractivity contribution < 1.29 is 22.8 Å². The zero-order chi connectivity index (χ0) is 29.9. The van der Waals surface area contributed by atoms with Gasteiger partial charge >= 0.3 is 6.18 Å². The fraction of sp³-hybridized carbons (Fsp3) is 0.258. The van der Waals surface area contributed by atoms with Crippen LogP contribution >= 0.6 is 0 Å². The Morgan fingerprint density at radius 3 is 2.38 bits per heavy atom. The minimum absolute atomic E-state index is 0.107. The van der Waals surface area contributed by atoms with Gasteiger partial charge in [0.05, 0.1) is 11.8 Å². The van der Waals surface area contributed by atoms with E-state index in [1.807, 2.05) is 24.2 Å². The summed E-state index contributed by atoms with van der Waals surface area (Å²) in [6.45, 7) is 4.71. The number of anilines is 2. The second kappa shape index (κ2) is 12.2. The molecule has 0 unspecified atom stereocenters. The third kappa shape index (κ3) is 6.87. The van der Waals surface area contributed by atoms with Crippen LogP contribution in [0.25, 0.3) is 11.1 Å². The maximum absolute atomic E-state index is 13.9. The lowest BCUT2D eigenvalue weighted by Gasteiger charge is -2.28. The first-order chi connectivity index (χ1) is 20.1. The van der Waals surface area contributed by atoms with Crippen molar-refractivity contribution in [3.8, 4) is 11.1 Å². The second-order valence-electron chi connectivity index (χ2n) is 10.3. The summed E-state index contributed by atoms with van der Waals surface area (Å²) in [5.74, 6) is -1.03. The van der Waals surface area contributed by atoms with Gasteiger partial charge in [-0.05, 0) is 60.0 Å². The zero-order valence-electron chi connectivity index (χ0n) is 23.3. The molecule has 8 nitrogen and oxygen atoms in total. The molecule has 1 saturated heterocycles. The van der Waals surface area contributed by atoms with E-state index in [0.717, 1.165) is 35.8 Å². The average Bonchev–Trinajstić information content (AvgIpc) is 3.41. The first-order valence-corrected chi connectivity index (χ1v) is 13.5. The van der Waals surface area contributed by atoms with Gasteiger partial charge in [0.1, 0.15) is 0 Å². The van der Waals surface area contributed by atoms with E-state index in [0.29, 0.717) is 30.0 Å². The summed E-state index contributed by atoms with van der Waals surface area (Å²) < 4.78 is 43.5. The van der Waals surface area contributed by atoms with E-state index in [1.165, 1.54) is 12.1 Å². The summed E-state index contributed by atoms with van der Waals surface area (Å²) in [4.78, 5) is 28.1. The Balaban J connectivity index is 1.31. The minimum atomic E-state index is -4.60. The van der Waals surface area contributed by atoms with E-state index in [2.05, 4.69) is 21.0 Å². The van der Waals surface area contributed by atoms with Crippen molar-refractivity contribution in [1.29, 1.82) is 0 Å². The van der Waals surface area contributed by atoms with Gasteiger partial charge in [0.2, 0.25) is 0 Å². The third-order valence-corrected chi connectivity index (χ3v) is 7.19. The Bertz CT molecular complexity index is 1610. The van der Waals surface area contributed by atoms with Crippen molar-refractivity contribution >= 4 is 23.2 Å². The molecule has 0 bridgehead atoms. The molecule has 3 N–H and O–H groups in total. The van der Waals surface area contributed by atoms with Crippen LogP contribution in [-0.4, -0.2) is 52.7 Å². The summed E-state index contributed by atoms with van der Waals surface area (Å²) in [6, 6.07) is 15.7. The van der Waals surface area contributed by atoms with Crippen LogP contribution in [0.15, 0.2) is 73.1 Å². The molecule has 1 aromatic heterocycles. The highest BCUT2D eigenvalue weighted by Gasteiger charge is 2.34. The normalized spacial score (nSPS) is 14.0. The number of hydrogen-bond donors (Lipinski definition) is 3. The maximum atomic E-state index is 13.9. The predicted octanol–water partition coefficient (Wildman–Crippen LogP) is 5.32. The largest absolute Gasteiger partial charge is 0.416 e. The number of halogens is 3. The van der Waals surface area contributed by atoms with Crippen molar-refractivity contribution in [1.82, 2.24) is 20.0 Å². The van der Waals surface area contributed by atoms with Crippen molar-refractivity contribution in [2.24, 2.45) is 7.05 Å². The van der Waals surface area contributed by atoms with E-state index in [9.17, 15) is 22.8 Å². The topological polar surface area (TPSA) is 91.3 Å². The minimum Gasteiger partial charge on any atom is -0.322 e. The first-order valence-electron chi connectivity index (χ1n) is 13.5. The molecular formula is C31H31F3N6O2. The van der Waals surface area contributed by atoms with E-state index >= 15 is 0 Å². The SMILES string of the molecule is Cc1ccc(NC(=O)c2ccc(CN3CCNCC3)c(C(F)(F)F)c2)cc1NC(=O)c1cccc(-c2cnn(C)c2)c1. The predicted molar refractivity (Wildman–Crippen MR) is 155 cm³/mol. The zero-order valence-corrected chi connectivity index (χ0v) is 23.3. The molecule has 2 heterocycles. The van der Waals surface area contributed by atoms with Gasteiger partial charge in [-0.3, -0.25) is 19.2 Å². The summed E-state index contributed by atoms with van der Waals surface area (Å²) in [7, 11) is 1.81. The van der Waals surface area contributed by atoms with Crippen molar-refractivity contribution in [2.45, 2.75) is 19.6 Å². The van der Waals surface area contributed by atoms with Crippen molar-refractivity contribution in [3.63, 3.8) is 0 Å². The quantitative estimate of drug-likeness (QED) is 0.277. The number of aryl methyl sites for hydroxylation is 2. The molecule has 11 heteroatoms. The van der Waals surface area contributed by atoms with E-state index in [1.54, 1.807) is 54.2 Å². The standard InChI is InChI=1S/C31H31F3N6O2/c1-20-6-9-26(16-28(20)38-30(42)22-5-3-4-21(14-22)25-17-36-39(2)18-25)37-29(41)23-7-8-24(27(15-23)31(32,33)34)19-40-12-10-35-11-13-40/h3-9,14-18,35H,10-13,19H2,1-2H3,(H,37,41)(H,38,42). The molecule has 1 fully saturated rings. The number of nitrogens with one attached hydrogen (secondary N) is 3. The van der Waals surface area contributed by atoms with Crippen LogP contribution < -0.4 is 16.0 Å². The van der Waals surface area contributed by atoms with Crippen LogP contribution in [0.3, 0.4) is 0 Å². The Morgan fingerprint density at radius 2 is 1.67 bits per heavy atom. The van der Waals surface area contributed by atoms with Gasteiger partial charge in [-0.1, -0.05) is 24.3 Å². The molecule has 0 aliphatic carbocycles. The summed E-state index contributed by atoms with van der Waals surface area (Å²) in [5.41, 5.74) is 2.91. The Kier molecular flexibility index (Phi) is 8.41. The lowest BCUT2D eigenvalue weighted by atomic mass is 10.0. The Labute approximate surface area is 241 Å². The molecule has 0 atom stereocenters. The van der Waals surface area contributed by atoms with Crippen LogP contribution in [0.2, 0.25) is 0 Å². The van der Waals surface area contributed by atoms with Gasteiger partial charge in [-0.25, -0.2) is 0 Å². The van der Waals surface area contributed by atoms with Gasteiger partial charge < -0.3 is 16.0 Å². The number of carbonyl (C=O) groups excluding carboxylic acids is 2. The fourth-order valence-corrected chi connectivity index (χ4v) is 4.87. The monoisotopic (exact) mass is 576 g/mol. The molecule has 1 aliphatic rings. The average molecular weight is 577 g/mol. The summed E-state index contributed by atoms with van der Waals surface area (Å²) in [5, 5.41) is 12.9. The second-order valence-corrected chi connectivity index (χ2v) is 10.3. The number of piperazine rings is 1. The van der Waals surface area contributed by atoms with Gasteiger partial charge in [0.25, 0.3) is 11.8 Å². The molecule has 0 spiro atoms. The lowest BCUT2D eigenvalue weighted by molar-refractivity contribution is -0.138. The number of benzene rings is 3. The smallest absolute Gasteiger partial charge is 0.322 e. The molecule has 42 heavy (non-hydrogen) atoms. The first kappa shape index (κ1) is 29.0. The molecule has 5 rings (SSSR count). The Hall–Kier alpha value is -4.48. The van der Waals surface area contributed by atoms with E-state index < -0.39 is 17.6 Å². The number of amides is 2. The number of carbonyl (C=O) groups is 2. The molecular weight excluding hydrogens is 545 g/mol.